The van der Waals surface area contributed by atoms with E-state index < -0.39 is 40.8 Å². The summed E-state index contributed by atoms with van der Waals surface area (Å²) in [7, 11) is 0. The van der Waals surface area contributed by atoms with Crippen LogP contribution in [0.25, 0.3) is 0 Å². The van der Waals surface area contributed by atoms with Gasteiger partial charge in [-0.3, -0.25) is 24.5 Å². The highest BCUT2D eigenvalue weighted by molar-refractivity contribution is 6.24. The normalized spacial score (nSPS) is 19.9. The number of para-hydroxylation sites is 1. The van der Waals surface area contributed by atoms with Crippen LogP contribution in [-0.4, -0.2) is 28.8 Å². The van der Waals surface area contributed by atoms with Gasteiger partial charge in [0.25, 0.3) is 11.6 Å². The van der Waals surface area contributed by atoms with Gasteiger partial charge in [0.1, 0.15) is 11.7 Å². The fourth-order valence-corrected chi connectivity index (χ4v) is 5.00. The number of nitro benzene ring substituents is 1. The van der Waals surface area contributed by atoms with Crippen LogP contribution in [0.2, 0.25) is 0 Å². The first-order valence-corrected chi connectivity index (χ1v) is 12.4. The van der Waals surface area contributed by atoms with Crippen molar-refractivity contribution in [1.29, 1.82) is 0 Å². The molecule has 4 aromatic rings. The van der Waals surface area contributed by atoms with Crippen LogP contribution in [0.1, 0.15) is 22.0 Å². The maximum Gasteiger partial charge on any atom is 0.343 e. The van der Waals surface area contributed by atoms with Crippen LogP contribution in [0.4, 0.5) is 17.1 Å². The van der Waals surface area contributed by atoms with Crippen LogP contribution in [-0.2, 0) is 14.4 Å². The van der Waals surface area contributed by atoms with E-state index in [9.17, 15) is 24.5 Å². The highest BCUT2D eigenvalue weighted by Gasteiger charge is 2.60. The summed E-state index contributed by atoms with van der Waals surface area (Å²) in [4.78, 5) is 57.3. The molecule has 2 fully saturated rings. The summed E-state index contributed by atoms with van der Waals surface area (Å²) in [6.45, 7) is 0. The number of fused-ring (bicyclic) bond motifs is 1. The number of hydrogen-bond acceptors (Lipinski definition) is 8. The molecule has 0 aromatic heterocycles. The highest BCUT2D eigenvalue weighted by atomic mass is 16.7. The molecule has 2 aliphatic rings. The van der Waals surface area contributed by atoms with E-state index in [0.29, 0.717) is 22.6 Å². The van der Waals surface area contributed by atoms with Gasteiger partial charge in [-0.15, -0.1) is 0 Å². The molecule has 3 atom stereocenters. The first-order chi connectivity index (χ1) is 19.4. The average molecular weight is 536 g/mol. The Bertz CT molecular complexity index is 1590. The largest absolute Gasteiger partial charge is 0.423 e. The molecule has 198 valence electrons. The molecule has 0 spiro atoms. The average Bonchev–Trinajstić information content (AvgIpc) is 3.50. The summed E-state index contributed by atoms with van der Waals surface area (Å²) >= 11 is 0. The van der Waals surface area contributed by atoms with E-state index in [4.69, 9.17) is 9.57 Å². The van der Waals surface area contributed by atoms with Crippen molar-refractivity contribution in [1.82, 2.24) is 0 Å². The Morgan fingerprint density at radius 3 is 2.02 bits per heavy atom. The second kappa shape index (κ2) is 10.1. The third-order valence-corrected chi connectivity index (χ3v) is 6.89. The number of non-ortho nitro benzene ring substituents is 1. The lowest BCUT2D eigenvalue weighted by Gasteiger charge is -2.28. The number of imide groups is 1. The standard InChI is InChI=1S/C30H21N3O7/c34-28-25-26(19-11-17-24(18-12-19)39-30(36)20-7-3-1-4-8-20)32(22-9-5-2-6-10-22)40-27(25)29(35)31(28)21-13-15-23(16-14-21)33(37)38/h1-18,25-27H/t25-,26-,27+/m1/s1. The molecule has 10 nitrogen and oxygen atoms in total. The molecule has 10 heteroatoms. The van der Waals surface area contributed by atoms with E-state index in [2.05, 4.69) is 0 Å². The minimum absolute atomic E-state index is 0.152. The van der Waals surface area contributed by atoms with Gasteiger partial charge >= 0.3 is 5.97 Å². The zero-order chi connectivity index (χ0) is 27.8. The SMILES string of the molecule is O=C(Oc1ccc([C@@H]2[C@H]3C(=O)N(c4ccc([N+](=O)[O-])cc4)C(=O)[C@H]3ON2c2ccccc2)cc1)c1ccccc1. The van der Waals surface area contributed by atoms with Crippen LogP contribution >= 0.6 is 0 Å². The van der Waals surface area contributed by atoms with Gasteiger partial charge in [0.15, 0.2) is 6.10 Å². The van der Waals surface area contributed by atoms with Crippen LogP contribution < -0.4 is 14.7 Å². The fourth-order valence-electron chi connectivity index (χ4n) is 5.00. The Morgan fingerprint density at radius 2 is 1.40 bits per heavy atom. The first-order valence-electron chi connectivity index (χ1n) is 12.4. The molecule has 0 unspecified atom stereocenters. The summed E-state index contributed by atoms with van der Waals surface area (Å²) in [5.74, 6) is -2.10. The topological polar surface area (TPSA) is 119 Å². The lowest BCUT2D eigenvalue weighted by atomic mass is 9.90. The molecule has 2 aliphatic heterocycles. The third kappa shape index (κ3) is 4.36. The van der Waals surface area contributed by atoms with Crippen molar-refractivity contribution in [3.63, 3.8) is 0 Å². The van der Waals surface area contributed by atoms with Crippen molar-refractivity contribution in [3.8, 4) is 5.75 Å². The minimum atomic E-state index is -1.09. The van der Waals surface area contributed by atoms with Crippen molar-refractivity contribution in [2.45, 2.75) is 12.1 Å². The number of rotatable bonds is 6. The quantitative estimate of drug-likeness (QED) is 0.113. The van der Waals surface area contributed by atoms with Crippen LogP contribution in [0.15, 0.2) is 109 Å². The molecular formula is C30H21N3O7. The zero-order valence-electron chi connectivity index (χ0n) is 20.8. The van der Waals surface area contributed by atoms with E-state index in [1.54, 1.807) is 59.7 Å². The number of hydroxylamine groups is 1. The second-order valence-electron chi connectivity index (χ2n) is 9.27. The molecule has 0 radical (unpaired) electrons. The summed E-state index contributed by atoms with van der Waals surface area (Å²) in [5, 5.41) is 12.6. The number of carbonyl (C=O) groups is 3. The predicted octanol–water partition coefficient (Wildman–Crippen LogP) is 4.87. The lowest BCUT2D eigenvalue weighted by Crippen LogP contribution is -2.37. The second-order valence-corrected chi connectivity index (χ2v) is 9.27. The fraction of sp³-hybridized carbons (Fsp3) is 0.100. The molecule has 40 heavy (non-hydrogen) atoms. The van der Waals surface area contributed by atoms with Gasteiger partial charge in [-0.05, 0) is 54.1 Å². The van der Waals surface area contributed by atoms with Crippen LogP contribution in [0.5, 0.6) is 5.75 Å². The first kappa shape index (κ1) is 25.0. The van der Waals surface area contributed by atoms with E-state index in [1.807, 2.05) is 30.3 Å². The van der Waals surface area contributed by atoms with Crippen LogP contribution in [0.3, 0.4) is 0 Å². The Morgan fingerprint density at radius 1 is 0.775 bits per heavy atom. The Kier molecular flexibility index (Phi) is 6.29. The van der Waals surface area contributed by atoms with Crippen molar-refractivity contribution < 1.29 is 28.9 Å². The molecule has 0 saturated carbocycles. The molecule has 2 heterocycles. The van der Waals surface area contributed by atoms with Gasteiger partial charge < -0.3 is 4.74 Å². The smallest absolute Gasteiger partial charge is 0.343 e. The van der Waals surface area contributed by atoms with E-state index >= 15 is 0 Å². The van der Waals surface area contributed by atoms with Gasteiger partial charge in [-0.1, -0.05) is 48.5 Å². The van der Waals surface area contributed by atoms with Crippen molar-refractivity contribution >= 4 is 34.8 Å². The molecule has 4 aromatic carbocycles. The Labute approximate surface area is 228 Å². The minimum Gasteiger partial charge on any atom is -0.423 e. The Balaban J connectivity index is 1.32. The number of nitro groups is 1. The number of benzene rings is 4. The maximum atomic E-state index is 13.7. The maximum absolute atomic E-state index is 13.7. The molecule has 0 aliphatic carbocycles. The summed E-state index contributed by atoms with van der Waals surface area (Å²) in [6, 6.07) is 29.0. The number of carbonyl (C=O) groups excluding carboxylic acids is 3. The number of amides is 2. The third-order valence-electron chi connectivity index (χ3n) is 6.89. The van der Waals surface area contributed by atoms with Crippen molar-refractivity contribution in [2.24, 2.45) is 5.92 Å². The predicted molar refractivity (Wildman–Crippen MR) is 143 cm³/mol. The van der Waals surface area contributed by atoms with Crippen molar-refractivity contribution in [2.75, 3.05) is 9.96 Å². The van der Waals surface area contributed by atoms with Gasteiger partial charge in [-0.2, -0.15) is 0 Å². The van der Waals surface area contributed by atoms with Gasteiger partial charge in [0.2, 0.25) is 5.91 Å². The number of hydrogen-bond donors (Lipinski definition) is 0. The lowest BCUT2D eigenvalue weighted by molar-refractivity contribution is -0.384. The van der Waals surface area contributed by atoms with E-state index in [1.165, 1.54) is 24.3 Å². The zero-order valence-corrected chi connectivity index (χ0v) is 20.8. The molecule has 0 N–H and O–H groups in total. The molecular weight excluding hydrogens is 514 g/mol. The summed E-state index contributed by atoms with van der Waals surface area (Å²) < 4.78 is 5.49. The van der Waals surface area contributed by atoms with Gasteiger partial charge in [-0.25, -0.2) is 14.8 Å². The summed E-state index contributed by atoms with van der Waals surface area (Å²) in [5.41, 5.74) is 1.81. The monoisotopic (exact) mass is 535 g/mol. The van der Waals surface area contributed by atoms with Gasteiger partial charge in [0, 0.05) is 12.1 Å². The molecule has 2 saturated heterocycles. The highest BCUT2D eigenvalue weighted by Crippen LogP contribution is 2.47. The van der Waals surface area contributed by atoms with Gasteiger partial charge in [0.05, 0.1) is 27.9 Å². The molecule has 2 amide bonds. The number of nitrogens with zero attached hydrogens (tertiary/aromatic N) is 3. The molecule has 6 rings (SSSR count). The number of ether oxygens (including phenoxy) is 1. The summed E-state index contributed by atoms with van der Waals surface area (Å²) in [6.07, 6.45) is -1.09. The van der Waals surface area contributed by atoms with E-state index in [-0.39, 0.29) is 11.4 Å². The van der Waals surface area contributed by atoms with Crippen LogP contribution in [0, 0.1) is 16.0 Å². The van der Waals surface area contributed by atoms with E-state index in [0.717, 1.165) is 4.90 Å². The number of anilines is 2. The Hall–Kier alpha value is -5.35. The molecule has 0 bridgehead atoms. The number of esters is 1. The van der Waals surface area contributed by atoms with Crippen molar-refractivity contribution in [3.05, 3.63) is 130 Å².